The third-order valence-corrected chi connectivity index (χ3v) is 5.75. The molecule has 1 aliphatic heterocycles. The van der Waals surface area contributed by atoms with Crippen LogP contribution in [-0.2, 0) is 13.0 Å². The Morgan fingerprint density at radius 1 is 1.09 bits per heavy atom. The van der Waals surface area contributed by atoms with Crippen molar-refractivity contribution in [3.8, 4) is 9.88 Å². The molecule has 4 rings (SSSR count). The minimum atomic E-state index is 0.0357. The highest BCUT2D eigenvalue weighted by molar-refractivity contribution is 7.20. The van der Waals surface area contributed by atoms with Crippen molar-refractivity contribution >= 4 is 28.6 Å². The van der Waals surface area contributed by atoms with Crippen LogP contribution < -0.4 is 0 Å². The number of rotatable bonds is 2. The Labute approximate surface area is 136 Å². The molecule has 3 aromatic rings. The van der Waals surface area contributed by atoms with E-state index < -0.39 is 0 Å². The normalized spacial score (nSPS) is 13.9. The zero-order chi connectivity index (χ0) is 14.9. The second kappa shape index (κ2) is 5.66. The van der Waals surface area contributed by atoms with E-state index >= 15 is 0 Å². The molecule has 0 bridgehead atoms. The van der Waals surface area contributed by atoms with Gasteiger partial charge in [-0.25, -0.2) is 4.98 Å². The maximum Gasteiger partial charge on any atom is 0.273 e. The Morgan fingerprint density at radius 2 is 1.95 bits per heavy atom. The maximum absolute atomic E-state index is 12.7. The van der Waals surface area contributed by atoms with Crippen LogP contribution in [0.2, 0.25) is 0 Å². The van der Waals surface area contributed by atoms with Crippen LogP contribution in [0.15, 0.2) is 47.2 Å². The molecule has 5 heteroatoms. The molecule has 0 N–H and O–H groups in total. The van der Waals surface area contributed by atoms with Gasteiger partial charge in [-0.15, -0.1) is 22.7 Å². The Hall–Kier alpha value is -1.98. The van der Waals surface area contributed by atoms with E-state index in [4.69, 9.17) is 0 Å². The van der Waals surface area contributed by atoms with Gasteiger partial charge in [0.15, 0.2) is 0 Å². The van der Waals surface area contributed by atoms with Crippen molar-refractivity contribution in [2.45, 2.75) is 13.0 Å². The van der Waals surface area contributed by atoms with Crippen LogP contribution in [0.4, 0.5) is 0 Å². The summed E-state index contributed by atoms with van der Waals surface area (Å²) in [6, 6.07) is 12.4. The minimum absolute atomic E-state index is 0.0357. The average Bonchev–Trinajstić information content (AvgIpc) is 3.24. The number of thiazole rings is 1. The van der Waals surface area contributed by atoms with E-state index in [-0.39, 0.29) is 5.91 Å². The third-order valence-electron chi connectivity index (χ3n) is 3.87. The summed E-state index contributed by atoms with van der Waals surface area (Å²) in [5, 5.41) is 4.83. The molecule has 0 spiro atoms. The van der Waals surface area contributed by atoms with Crippen molar-refractivity contribution in [3.63, 3.8) is 0 Å². The highest BCUT2D eigenvalue weighted by Gasteiger charge is 2.23. The zero-order valence-corrected chi connectivity index (χ0v) is 13.5. The fraction of sp³-hybridized carbons (Fsp3) is 0.176. The third kappa shape index (κ3) is 2.46. The predicted molar refractivity (Wildman–Crippen MR) is 90.3 cm³/mol. The molecule has 2 aromatic heterocycles. The molecule has 0 unspecified atom stereocenters. The lowest BCUT2D eigenvalue weighted by Crippen LogP contribution is -2.36. The SMILES string of the molecule is O=C(c1csc(-c2cccs2)n1)N1CCc2ccccc2C1. The van der Waals surface area contributed by atoms with E-state index in [1.54, 1.807) is 11.3 Å². The second-order valence-electron chi connectivity index (χ2n) is 5.26. The predicted octanol–water partition coefficient (Wildman–Crippen LogP) is 4.07. The molecular formula is C17H14N2OS2. The first-order valence-corrected chi connectivity index (χ1v) is 8.92. The molecule has 1 aliphatic rings. The number of benzene rings is 1. The molecular weight excluding hydrogens is 312 g/mol. The summed E-state index contributed by atoms with van der Waals surface area (Å²) < 4.78 is 0. The van der Waals surface area contributed by atoms with E-state index in [1.807, 2.05) is 33.9 Å². The molecule has 0 saturated carbocycles. The molecule has 0 aliphatic carbocycles. The molecule has 0 atom stereocenters. The lowest BCUT2D eigenvalue weighted by Gasteiger charge is -2.28. The number of hydrogen-bond acceptors (Lipinski definition) is 4. The summed E-state index contributed by atoms with van der Waals surface area (Å²) in [6.07, 6.45) is 0.920. The van der Waals surface area contributed by atoms with Gasteiger partial charge in [-0.3, -0.25) is 4.79 Å². The Kier molecular flexibility index (Phi) is 3.52. The zero-order valence-electron chi connectivity index (χ0n) is 11.9. The number of carbonyl (C=O) groups is 1. The molecule has 0 saturated heterocycles. The standard InChI is InChI=1S/C17H14N2OS2/c20-17(14-11-22-16(18-14)15-6-3-9-21-15)19-8-7-12-4-1-2-5-13(12)10-19/h1-6,9,11H,7-8,10H2. The topological polar surface area (TPSA) is 33.2 Å². The van der Waals surface area contributed by atoms with Gasteiger partial charge in [0.05, 0.1) is 4.88 Å². The largest absolute Gasteiger partial charge is 0.333 e. The van der Waals surface area contributed by atoms with Crippen LogP contribution in [0.25, 0.3) is 9.88 Å². The van der Waals surface area contributed by atoms with E-state index in [1.165, 1.54) is 22.5 Å². The highest BCUT2D eigenvalue weighted by atomic mass is 32.1. The lowest BCUT2D eigenvalue weighted by molar-refractivity contribution is 0.0729. The monoisotopic (exact) mass is 326 g/mol. The number of amides is 1. The van der Waals surface area contributed by atoms with Crippen molar-refractivity contribution in [3.05, 3.63) is 64.0 Å². The fourth-order valence-electron chi connectivity index (χ4n) is 2.72. The van der Waals surface area contributed by atoms with E-state index in [0.717, 1.165) is 22.9 Å². The maximum atomic E-state index is 12.7. The first-order chi connectivity index (χ1) is 10.8. The van der Waals surface area contributed by atoms with Gasteiger partial charge >= 0.3 is 0 Å². The summed E-state index contributed by atoms with van der Waals surface area (Å²) in [4.78, 5) is 20.2. The van der Waals surface area contributed by atoms with Crippen LogP contribution in [0, 0.1) is 0 Å². The summed E-state index contributed by atoms with van der Waals surface area (Å²) in [7, 11) is 0. The average molecular weight is 326 g/mol. The van der Waals surface area contributed by atoms with Crippen LogP contribution in [0.1, 0.15) is 21.6 Å². The van der Waals surface area contributed by atoms with Gasteiger partial charge in [-0.05, 0) is 29.0 Å². The summed E-state index contributed by atoms with van der Waals surface area (Å²) in [5.74, 6) is 0.0357. The molecule has 3 nitrogen and oxygen atoms in total. The first kappa shape index (κ1) is 13.7. The molecule has 110 valence electrons. The molecule has 1 aromatic carbocycles. The number of aromatic nitrogens is 1. The molecule has 0 radical (unpaired) electrons. The Morgan fingerprint density at radius 3 is 2.77 bits per heavy atom. The van der Waals surface area contributed by atoms with Gasteiger partial charge in [-0.2, -0.15) is 0 Å². The van der Waals surface area contributed by atoms with Crippen molar-refractivity contribution in [2.24, 2.45) is 0 Å². The van der Waals surface area contributed by atoms with Gasteiger partial charge in [0.2, 0.25) is 0 Å². The van der Waals surface area contributed by atoms with Crippen molar-refractivity contribution in [1.29, 1.82) is 0 Å². The molecule has 0 fully saturated rings. The number of hydrogen-bond donors (Lipinski definition) is 0. The van der Waals surface area contributed by atoms with Gasteiger partial charge in [-0.1, -0.05) is 30.3 Å². The van der Waals surface area contributed by atoms with E-state index in [2.05, 4.69) is 23.2 Å². The first-order valence-electron chi connectivity index (χ1n) is 7.17. The van der Waals surface area contributed by atoms with Crippen LogP contribution >= 0.6 is 22.7 Å². The van der Waals surface area contributed by atoms with Gasteiger partial charge in [0, 0.05) is 18.5 Å². The smallest absolute Gasteiger partial charge is 0.273 e. The van der Waals surface area contributed by atoms with E-state index in [9.17, 15) is 4.79 Å². The number of thiophene rings is 1. The fourth-order valence-corrected chi connectivity index (χ4v) is 4.32. The molecule has 1 amide bonds. The van der Waals surface area contributed by atoms with Gasteiger partial charge in [0.1, 0.15) is 10.7 Å². The second-order valence-corrected chi connectivity index (χ2v) is 7.07. The quantitative estimate of drug-likeness (QED) is 0.711. The van der Waals surface area contributed by atoms with Gasteiger partial charge in [0.25, 0.3) is 5.91 Å². The number of fused-ring (bicyclic) bond motifs is 1. The molecule has 3 heterocycles. The number of carbonyl (C=O) groups excluding carboxylic acids is 1. The minimum Gasteiger partial charge on any atom is -0.333 e. The van der Waals surface area contributed by atoms with Crippen molar-refractivity contribution in [1.82, 2.24) is 9.88 Å². The number of nitrogens with zero attached hydrogens (tertiary/aromatic N) is 2. The summed E-state index contributed by atoms with van der Waals surface area (Å²) >= 11 is 3.19. The Bertz CT molecular complexity index is 808. The Balaban J connectivity index is 1.56. The lowest BCUT2D eigenvalue weighted by atomic mass is 10.00. The van der Waals surface area contributed by atoms with Crippen LogP contribution in [0.3, 0.4) is 0 Å². The van der Waals surface area contributed by atoms with Crippen molar-refractivity contribution in [2.75, 3.05) is 6.54 Å². The van der Waals surface area contributed by atoms with Crippen molar-refractivity contribution < 1.29 is 4.79 Å². The van der Waals surface area contributed by atoms with Gasteiger partial charge < -0.3 is 4.90 Å². The summed E-state index contributed by atoms with van der Waals surface area (Å²) in [6.45, 7) is 1.45. The highest BCUT2D eigenvalue weighted by Crippen LogP contribution is 2.29. The summed E-state index contributed by atoms with van der Waals surface area (Å²) in [5.41, 5.74) is 3.16. The molecule has 22 heavy (non-hydrogen) atoms. The van der Waals surface area contributed by atoms with Crippen LogP contribution in [0.5, 0.6) is 0 Å². The van der Waals surface area contributed by atoms with Crippen LogP contribution in [-0.4, -0.2) is 22.3 Å². The van der Waals surface area contributed by atoms with E-state index in [0.29, 0.717) is 12.2 Å².